The Labute approximate surface area is 116 Å². The summed E-state index contributed by atoms with van der Waals surface area (Å²) in [6.45, 7) is 5.42. The van der Waals surface area contributed by atoms with Gasteiger partial charge in [-0.05, 0) is 25.8 Å². The molecule has 108 valence electrons. The number of amides is 1. The highest BCUT2D eigenvalue weighted by atomic mass is 16.6. The highest BCUT2D eigenvalue weighted by Gasteiger charge is 2.24. The Bertz CT molecular complexity index is 532. The van der Waals surface area contributed by atoms with Gasteiger partial charge < -0.3 is 10.6 Å². The number of hydrogen-bond acceptors (Lipinski definition) is 5. The minimum atomic E-state index is -0.548. The lowest BCUT2D eigenvalue weighted by Crippen LogP contribution is -2.50. The van der Waals surface area contributed by atoms with Crippen molar-refractivity contribution in [2.75, 3.05) is 13.1 Å². The van der Waals surface area contributed by atoms with Crippen LogP contribution in [0, 0.1) is 23.0 Å². The van der Waals surface area contributed by atoms with Crippen molar-refractivity contribution in [3.8, 4) is 0 Å². The molecule has 1 amide bonds. The Morgan fingerprint density at radius 2 is 2.35 bits per heavy atom. The van der Waals surface area contributed by atoms with Crippen molar-refractivity contribution >= 4 is 11.6 Å². The molecule has 0 aromatic carbocycles. The molecule has 1 aliphatic heterocycles. The molecular formula is C13H18N4O3. The van der Waals surface area contributed by atoms with E-state index < -0.39 is 4.92 Å². The Morgan fingerprint density at radius 1 is 1.60 bits per heavy atom. The number of aryl methyl sites for hydroxylation is 1. The summed E-state index contributed by atoms with van der Waals surface area (Å²) >= 11 is 0. The fraction of sp³-hybridized carbons (Fsp3) is 0.538. The van der Waals surface area contributed by atoms with E-state index in [0.717, 1.165) is 19.2 Å². The number of nitro groups is 1. The molecule has 2 heterocycles. The first kappa shape index (κ1) is 14.4. The summed E-state index contributed by atoms with van der Waals surface area (Å²) in [5, 5.41) is 16.9. The van der Waals surface area contributed by atoms with Gasteiger partial charge in [0.2, 0.25) is 0 Å². The van der Waals surface area contributed by atoms with Crippen LogP contribution in [0.25, 0.3) is 0 Å². The smallest absolute Gasteiger partial charge is 0.288 e. The lowest BCUT2D eigenvalue weighted by molar-refractivity contribution is -0.385. The van der Waals surface area contributed by atoms with Crippen molar-refractivity contribution < 1.29 is 9.72 Å². The van der Waals surface area contributed by atoms with Gasteiger partial charge in [0.15, 0.2) is 0 Å². The molecule has 1 aliphatic rings. The van der Waals surface area contributed by atoms with Crippen LogP contribution in [0.4, 0.5) is 5.69 Å². The van der Waals surface area contributed by atoms with Gasteiger partial charge in [0.05, 0.1) is 16.2 Å². The summed E-state index contributed by atoms with van der Waals surface area (Å²) in [6, 6.07) is 1.31. The molecule has 0 bridgehead atoms. The number of piperidine rings is 1. The minimum absolute atomic E-state index is 0.0370. The monoisotopic (exact) mass is 278 g/mol. The standard InChI is InChI=1S/C13H18N4O3/c1-8-3-4-14-7-12(8)16-13(18)11-5-10(17(19)20)6-15-9(11)2/h5-6,8,12,14H,3-4,7H2,1-2H3,(H,16,18). The molecule has 2 rings (SSSR count). The largest absolute Gasteiger partial charge is 0.348 e. The first-order chi connectivity index (χ1) is 9.49. The van der Waals surface area contributed by atoms with E-state index >= 15 is 0 Å². The topological polar surface area (TPSA) is 97.2 Å². The zero-order valence-electron chi connectivity index (χ0n) is 11.5. The van der Waals surface area contributed by atoms with E-state index in [-0.39, 0.29) is 23.2 Å². The lowest BCUT2D eigenvalue weighted by Gasteiger charge is -2.30. The summed E-state index contributed by atoms with van der Waals surface area (Å²) < 4.78 is 0. The van der Waals surface area contributed by atoms with Crippen LogP contribution < -0.4 is 10.6 Å². The summed E-state index contributed by atoms with van der Waals surface area (Å²) in [7, 11) is 0. The van der Waals surface area contributed by atoms with Crippen LogP contribution >= 0.6 is 0 Å². The number of hydrogen-bond donors (Lipinski definition) is 2. The van der Waals surface area contributed by atoms with Gasteiger partial charge in [0.25, 0.3) is 11.6 Å². The second kappa shape index (κ2) is 5.96. The third kappa shape index (κ3) is 3.11. The number of nitrogens with one attached hydrogen (secondary N) is 2. The van der Waals surface area contributed by atoms with Gasteiger partial charge in [-0.2, -0.15) is 0 Å². The Balaban J connectivity index is 2.16. The van der Waals surface area contributed by atoms with Crippen molar-refractivity contribution in [3.63, 3.8) is 0 Å². The van der Waals surface area contributed by atoms with Crippen LogP contribution in [0.3, 0.4) is 0 Å². The highest BCUT2D eigenvalue weighted by molar-refractivity contribution is 5.96. The summed E-state index contributed by atoms with van der Waals surface area (Å²) in [5.41, 5.74) is 0.581. The van der Waals surface area contributed by atoms with E-state index in [9.17, 15) is 14.9 Å². The van der Waals surface area contributed by atoms with Crippen LogP contribution in [0.2, 0.25) is 0 Å². The predicted molar refractivity (Wildman–Crippen MR) is 73.5 cm³/mol. The third-order valence-corrected chi connectivity index (χ3v) is 3.67. The maximum absolute atomic E-state index is 12.3. The van der Waals surface area contributed by atoms with E-state index in [4.69, 9.17) is 0 Å². The van der Waals surface area contributed by atoms with Gasteiger partial charge in [-0.25, -0.2) is 0 Å². The first-order valence-electron chi connectivity index (χ1n) is 6.61. The van der Waals surface area contributed by atoms with Gasteiger partial charge in [-0.1, -0.05) is 6.92 Å². The zero-order chi connectivity index (χ0) is 14.7. The molecule has 0 radical (unpaired) electrons. The maximum atomic E-state index is 12.3. The predicted octanol–water partition coefficient (Wildman–Crippen LogP) is 1.03. The number of carbonyl (C=O) groups is 1. The van der Waals surface area contributed by atoms with E-state index in [1.54, 1.807) is 6.92 Å². The zero-order valence-corrected chi connectivity index (χ0v) is 11.5. The van der Waals surface area contributed by atoms with Crippen molar-refractivity contribution in [2.45, 2.75) is 26.3 Å². The summed E-state index contributed by atoms with van der Waals surface area (Å²) in [5.74, 6) is 0.0754. The number of pyridine rings is 1. The molecule has 7 nitrogen and oxygen atoms in total. The molecule has 20 heavy (non-hydrogen) atoms. The number of rotatable bonds is 3. The molecule has 1 saturated heterocycles. The number of aromatic nitrogens is 1. The Kier molecular flexibility index (Phi) is 4.29. The third-order valence-electron chi connectivity index (χ3n) is 3.67. The van der Waals surface area contributed by atoms with Crippen molar-refractivity contribution in [1.82, 2.24) is 15.6 Å². The Morgan fingerprint density at radius 3 is 3.00 bits per heavy atom. The molecule has 2 atom stereocenters. The highest BCUT2D eigenvalue weighted by Crippen LogP contribution is 2.16. The van der Waals surface area contributed by atoms with Gasteiger partial charge in [-0.3, -0.25) is 19.9 Å². The van der Waals surface area contributed by atoms with E-state index in [1.807, 2.05) is 0 Å². The number of nitrogens with zero attached hydrogens (tertiary/aromatic N) is 2. The normalized spacial score (nSPS) is 22.3. The molecule has 2 unspecified atom stereocenters. The van der Waals surface area contributed by atoms with Crippen molar-refractivity contribution in [2.24, 2.45) is 5.92 Å². The lowest BCUT2D eigenvalue weighted by atomic mass is 9.94. The molecule has 0 saturated carbocycles. The molecular weight excluding hydrogens is 260 g/mol. The first-order valence-corrected chi connectivity index (χ1v) is 6.61. The van der Waals surface area contributed by atoms with Crippen LogP contribution in [0.15, 0.2) is 12.3 Å². The van der Waals surface area contributed by atoms with E-state index in [1.165, 1.54) is 6.07 Å². The van der Waals surface area contributed by atoms with Gasteiger partial charge >= 0.3 is 0 Å². The molecule has 1 aromatic heterocycles. The van der Waals surface area contributed by atoms with E-state index in [0.29, 0.717) is 18.2 Å². The quantitative estimate of drug-likeness (QED) is 0.635. The molecule has 0 spiro atoms. The maximum Gasteiger partial charge on any atom is 0.288 e. The second-order valence-electron chi connectivity index (χ2n) is 5.13. The minimum Gasteiger partial charge on any atom is -0.348 e. The van der Waals surface area contributed by atoms with Crippen molar-refractivity contribution in [1.29, 1.82) is 0 Å². The van der Waals surface area contributed by atoms with Crippen LogP contribution in [0.1, 0.15) is 29.4 Å². The van der Waals surface area contributed by atoms with Gasteiger partial charge in [0, 0.05) is 18.7 Å². The number of carbonyl (C=O) groups excluding carboxylic acids is 1. The van der Waals surface area contributed by atoms with Gasteiger partial charge in [0.1, 0.15) is 6.20 Å². The van der Waals surface area contributed by atoms with Crippen molar-refractivity contribution in [3.05, 3.63) is 33.6 Å². The van der Waals surface area contributed by atoms with Crippen LogP contribution in [-0.4, -0.2) is 34.9 Å². The molecule has 1 aromatic rings. The van der Waals surface area contributed by atoms with E-state index in [2.05, 4.69) is 22.5 Å². The molecule has 0 aliphatic carbocycles. The molecule has 2 N–H and O–H groups in total. The molecule has 7 heteroatoms. The Hall–Kier alpha value is -2.02. The average Bonchev–Trinajstić information content (AvgIpc) is 2.41. The summed E-state index contributed by atoms with van der Waals surface area (Å²) in [6.07, 6.45) is 2.16. The second-order valence-corrected chi connectivity index (χ2v) is 5.13. The van der Waals surface area contributed by atoms with Crippen LogP contribution in [-0.2, 0) is 0 Å². The fourth-order valence-corrected chi connectivity index (χ4v) is 2.28. The fourth-order valence-electron chi connectivity index (χ4n) is 2.28. The van der Waals surface area contributed by atoms with Crippen LogP contribution in [0.5, 0.6) is 0 Å². The SMILES string of the molecule is Cc1ncc([N+](=O)[O-])cc1C(=O)NC1CNCCC1C. The average molecular weight is 278 g/mol. The van der Waals surface area contributed by atoms with Gasteiger partial charge in [-0.15, -0.1) is 0 Å². The summed E-state index contributed by atoms with van der Waals surface area (Å²) in [4.78, 5) is 26.4. The molecule has 1 fully saturated rings.